The average Bonchev–Trinajstić information content (AvgIpc) is 2.60. The third-order valence-electron chi connectivity index (χ3n) is 2.23. The third kappa shape index (κ3) is 5.01. The van der Waals surface area contributed by atoms with Gasteiger partial charge in [-0.25, -0.2) is 0 Å². The molecular weight excluding hydrogens is 289 g/mol. The number of nitrogens with zero attached hydrogens (tertiary/aromatic N) is 2. The predicted octanol–water partition coefficient (Wildman–Crippen LogP) is -5.65. The Kier molecular flexibility index (Phi) is 8.14. The number of allylic oxidation sites excluding steroid dienone is 1. The van der Waals surface area contributed by atoms with Gasteiger partial charge in [0.25, 0.3) is 5.91 Å². The second kappa shape index (κ2) is 7.98. The monoisotopic (exact) mass is 296 g/mol. The van der Waals surface area contributed by atoms with Gasteiger partial charge < -0.3 is 14.4 Å². The van der Waals surface area contributed by atoms with Crippen LogP contribution in [0.3, 0.4) is 0 Å². The van der Waals surface area contributed by atoms with Gasteiger partial charge in [-0.15, -0.1) is 5.11 Å². The van der Waals surface area contributed by atoms with E-state index in [9.17, 15) is 19.1 Å². The van der Waals surface area contributed by atoms with Gasteiger partial charge in [0.2, 0.25) is 0 Å². The largest absolute Gasteiger partial charge is 1.00 e. The van der Waals surface area contributed by atoms with Gasteiger partial charge >= 0.3 is 59.1 Å². The van der Waals surface area contributed by atoms with Crippen molar-refractivity contribution in [3.8, 4) is 0 Å². The topological polar surface area (TPSA) is 105 Å². The summed E-state index contributed by atoms with van der Waals surface area (Å²) in [5, 5.41) is 5.73. The first-order valence-corrected chi connectivity index (χ1v) is 6.28. The molecule has 0 bridgehead atoms. The molecule has 19 heavy (non-hydrogen) atoms. The van der Waals surface area contributed by atoms with Crippen LogP contribution in [0, 0.1) is 0 Å². The van der Waals surface area contributed by atoms with Gasteiger partial charge in [-0.2, -0.15) is 5.11 Å². The molecule has 9 heteroatoms. The van der Waals surface area contributed by atoms with Gasteiger partial charge in [0.05, 0.1) is 11.0 Å². The summed E-state index contributed by atoms with van der Waals surface area (Å²) >= 11 is 0. The number of azo groups is 1. The van der Waals surface area contributed by atoms with E-state index in [1.807, 2.05) is 0 Å². The minimum atomic E-state index is -5.12. The number of rotatable bonds is 3. The smallest absolute Gasteiger partial charge is 0.807 e. The van der Waals surface area contributed by atoms with Crippen molar-refractivity contribution >= 4 is 13.5 Å². The molecule has 2 rings (SSSR count). The van der Waals surface area contributed by atoms with E-state index in [-0.39, 0.29) is 71.2 Å². The second-order valence-electron chi connectivity index (χ2n) is 3.46. The first-order valence-electron chi connectivity index (χ1n) is 4.74. The van der Waals surface area contributed by atoms with Crippen LogP contribution in [0.2, 0.25) is 0 Å². The van der Waals surface area contributed by atoms with Gasteiger partial charge in [-0.3, -0.25) is 4.79 Å². The van der Waals surface area contributed by atoms with E-state index in [1.54, 1.807) is 30.3 Å². The summed E-state index contributed by atoms with van der Waals surface area (Å²) < 4.78 is 10.9. The number of carbonyl (C=O) groups excluding carboxylic acids is 1. The molecule has 1 aliphatic heterocycles. The SMILES string of the molecule is O=C1N=NC(Cc2ccccc2)=C1P(=O)([O-])[O-].[Na+].[Na+]. The molecule has 0 N–H and O–H groups in total. The Morgan fingerprint density at radius 1 is 1.05 bits per heavy atom. The summed E-state index contributed by atoms with van der Waals surface area (Å²) in [7, 11) is -5.12. The fourth-order valence-corrected chi connectivity index (χ4v) is 2.23. The predicted molar refractivity (Wildman–Crippen MR) is 54.6 cm³/mol. The second-order valence-corrected chi connectivity index (χ2v) is 4.90. The Labute approximate surface area is 154 Å². The first kappa shape index (κ1) is 19.4. The molecule has 1 heterocycles. The molecule has 0 fully saturated rings. The third-order valence-corrected chi connectivity index (χ3v) is 3.22. The molecule has 0 saturated heterocycles. The molecule has 1 amide bonds. The van der Waals surface area contributed by atoms with E-state index < -0.39 is 18.8 Å². The summed E-state index contributed by atoms with van der Waals surface area (Å²) in [5.41, 5.74) is 0.664. The van der Waals surface area contributed by atoms with E-state index >= 15 is 0 Å². The Hall–Kier alpha value is 0.380. The molecule has 1 aliphatic rings. The van der Waals surface area contributed by atoms with Crippen molar-refractivity contribution in [2.75, 3.05) is 0 Å². The van der Waals surface area contributed by atoms with Crippen LogP contribution in [-0.4, -0.2) is 5.91 Å². The Morgan fingerprint density at radius 2 is 1.63 bits per heavy atom. The van der Waals surface area contributed by atoms with E-state index in [0.717, 1.165) is 5.56 Å². The molecule has 0 atom stereocenters. The zero-order chi connectivity index (χ0) is 12.5. The van der Waals surface area contributed by atoms with Gasteiger partial charge in [-0.05, 0) is 13.2 Å². The number of hydrogen-bond donors (Lipinski definition) is 0. The van der Waals surface area contributed by atoms with Gasteiger partial charge in [0.1, 0.15) is 0 Å². The van der Waals surface area contributed by atoms with Crippen molar-refractivity contribution in [2.45, 2.75) is 6.42 Å². The maximum atomic E-state index is 11.1. The standard InChI is InChI=1S/C10H9N2O4P.2Na/c13-10-9(17(14,15)16)8(11-12-10)6-7-4-2-1-3-5-7;;/h1-5H,6H2,(H2,14,15,16);;/q;2*+1/p-2. The van der Waals surface area contributed by atoms with E-state index in [0.29, 0.717) is 0 Å². The van der Waals surface area contributed by atoms with E-state index in [1.165, 1.54) is 0 Å². The van der Waals surface area contributed by atoms with Crippen molar-refractivity contribution in [2.24, 2.45) is 10.2 Å². The van der Waals surface area contributed by atoms with Gasteiger partial charge in [0, 0.05) is 6.42 Å². The molecule has 0 radical (unpaired) electrons. The molecule has 0 spiro atoms. The van der Waals surface area contributed by atoms with Crippen LogP contribution in [0.15, 0.2) is 51.6 Å². The van der Waals surface area contributed by atoms with Crippen LogP contribution >= 0.6 is 7.60 Å². The summed E-state index contributed by atoms with van der Waals surface area (Å²) in [6.45, 7) is 0. The molecule has 0 saturated carbocycles. The molecular formula is C10H7N2Na2O4P. The number of carbonyl (C=O) groups is 1. The van der Waals surface area contributed by atoms with Crippen molar-refractivity contribution in [3.63, 3.8) is 0 Å². The fourth-order valence-electron chi connectivity index (χ4n) is 1.51. The molecule has 0 aliphatic carbocycles. The number of amides is 1. The Balaban J connectivity index is 0.00000162. The summed E-state index contributed by atoms with van der Waals surface area (Å²) in [5.74, 6) is -1.08. The van der Waals surface area contributed by atoms with E-state index in [4.69, 9.17) is 0 Å². The van der Waals surface area contributed by atoms with Gasteiger partial charge in [0.15, 0.2) is 0 Å². The molecule has 1 aromatic rings. The van der Waals surface area contributed by atoms with Crippen molar-refractivity contribution in [1.82, 2.24) is 0 Å². The molecule has 0 unspecified atom stereocenters. The molecule has 88 valence electrons. The average molecular weight is 296 g/mol. The van der Waals surface area contributed by atoms with Crippen LogP contribution < -0.4 is 68.9 Å². The summed E-state index contributed by atoms with van der Waals surface area (Å²) in [6.07, 6.45) is 0.0971. The van der Waals surface area contributed by atoms with Crippen LogP contribution in [0.25, 0.3) is 0 Å². The zero-order valence-electron chi connectivity index (χ0n) is 10.6. The van der Waals surface area contributed by atoms with Crippen molar-refractivity contribution in [3.05, 3.63) is 46.9 Å². The Morgan fingerprint density at radius 3 is 2.16 bits per heavy atom. The fraction of sp³-hybridized carbons (Fsp3) is 0.100. The molecule has 6 nitrogen and oxygen atoms in total. The van der Waals surface area contributed by atoms with Crippen molar-refractivity contribution < 1.29 is 78.3 Å². The van der Waals surface area contributed by atoms with Crippen LogP contribution in [0.4, 0.5) is 0 Å². The first-order chi connectivity index (χ1) is 7.98. The molecule has 0 aromatic heterocycles. The molecule has 1 aromatic carbocycles. The van der Waals surface area contributed by atoms with Crippen molar-refractivity contribution in [1.29, 1.82) is 0 Å². The minimum absolute atomic E-state index is 0. The van der Waals surface area contributed by atoms with Crippen LogP contribution in [-0.2, 0) is 15.8 Å². The zero-order valence-corrected chi connectivity index (χ0v) is 15.5. The maximum Gasteiger partial charge on any atom is 1.00 e. The minimum Gasteiger partial charge on any atom is -0.807 e. The van der Waals surface area contributed by atoms with Crippen LogP contribution in [0.5, 0.6) is 0 Å². The van der Waals surface area contributed by atoms with Crippen LogP contribution in [0.1, 0.15) is 5.56 Å². The normalized spacial score (nSPS) is 14.1. The number of hydrogen-bond acceptors (Lipinski definition) is 5. The maximum absolute atomic E-state index is 11.1. The quantitative estimate of drug-likeness (QED) is 0.409. The van der Waals surface area contributed by atoms with E-state index in [2.05, 4.69) is 10.2 Å². The summed E-state index contributed by atoms with van der Waals surface area (Å²) in [4.78, 5) is 33.0. The van der Waals surface area contributed by atoms with Gasteiger partial charge in [-0.1, -0.05) is 30.3 Å². The Bertz CT molecular complexity index is 568. The number of benzene rings is 1. The summed E-state index contributed by atoms with van der Waals surface area (Å²) in [6, 6.07) is 8.80.